The van der Waals surface area contributed by atoms with Crippen LogP contribution in [0.2, 0.25) is 0 Å². The molecule has 2 aromatic rings. The Morgan fingerprint density at radius 3 is 1.81 bits per heavy atom. The van der Waals surface area contributed by atoms with Crippen LogP contribution in [0.1, 0.15) is 27.6 Å². The lowest BCUT2D eigenvalue weighted by Crippen LogP contribution is -2.57. The molecule has 1 N–H and O–H groups in total. The maximum absolute atomic E-state index is 12.5. The normalized spacial score (nSPS) is 27.6. The molecule has 1 aliphatic heterocycles. The zero-order chi connectivity index (χ0) is 19.4. The van der Waals surface area contributed by atoms with Gasteiger partial charge in [0.25, 0.3) is 0 Å². The number of esters is 2. The minimum Gasteiger partial charge on any atom is -0.453 e. The SMILES string of the molecule is C[C@@H]1O[C@@H](O)[C@H](OC(=O)c2ccccc2)[C@H](OC(=O)c2ccccc2)[C@H]1I. The van der Waals surface area contributed by atoms with Gasteiger partial charge in [-0.25, -0.2) is 9.59 Å². The van der Waals surface area contributed by atoms with Crippen LogP contribution < -0.4 is 0 Å². The number of benzene rings is 2. The van der Waals surface area contributed by atoms with Gasteiger partial charge in [0.2, 0.25) is 0 Å². The molecule has 1 heterocycles. The van der Waals surface area contributed by atoms with Crippen LogP contribution in [0.4, 0.5) is 0 Å². The summed E-state index contributed by atoms with van der Waals surface area (Å²) < 4.78 is 16.2. The number of halogens is 1. The fourth-order valence-corrected chi connectivity index (χ4v) is 3.50. The topological polar surface area (TPSA) is 82.1 Å². The van der Waals surface area contributed by atoms with Gasteiger partial charge in [0, 0.05) is 0 Å². The molecule has 142 valence electrons. The average molecular weight is 482 g/mol. The van der Waals surface area contributed by atoms with Crippen molar-refractivity contribution < 1.29 is 28.9 Å². The van der Waals surface area contributed by atoms with Gasteiger partial charge in [-0.15, -0.1) is 0 Å². The van der Waals surface area contributed by atoms with Gasteiger partial charge in [-0.2, -0.15) is 0 Å². The minimum atomic E-state index is -1.40. The van der Waals surface area contributed by atoms with E-state index in [0.717, 1.165) is 0 Å². The van der Waals surface area contributed by atoms with Crippen LogP contribution >= 0.6 is 22.6 Å². The van der Waals surface area contributed by atoms with Crippen LogP contribution in [0.5, 0.6) is 0 Å². The summed E-state index contributed by atoms with van der Waals surface area (Å²) in [5.41, 5.74) is 0.712. The second-order valence-electron chi connectivity index (χ2n) is 6.15. The third kappa shape index (κ3) is 4.66. The molecule has 1 fully saturated rings. The van der Waals surface area contributed by atoms with Crippen molar-refractivity contribution in [2.45, 2.75) is 35.5 Å². The van der Waals surface area contributed by atoms with Crippen LogP contribution in [0, 0.1) is 0 Å². The summed E-state index contributed by atoms with van der Waals surface area (Å²) in [5.74, 6) is -1.17. The van der Waals surface area contributed by atoms with Crippen LogP contribution in [-0.4, -0.2) is 45.6 Å². The first-order chi connectivity index (χ1) is 13.0. The van der Waals surface area contributed by atoms with E-state index in [-0.39, 0.29) is 10.0 Å². The largest absolute Gasteiger partial charge is 0.453 e. The number of carbonyl (C=O) groups excluding carboxylic acids is 2. The van der Waals surface area contributed by atoms with Crippen molar-refractivity contribution >= 4 is 34.5 Å². The number of rotatable bonds is 4. The zero-order valence-electron chi connectivity index (χ0n) is 14.5. The molecule has 3 rings (SSSR count). The van der Waals surface area contributed by atoms with Gasteiger partial charge in [0.15, 0.2) is 18.5 Å². The van der Waals surface area contributed by atoms with E-state index in [0.29, 0.717) is 11.1 Å². The number of hydrogen-bond acceptors (Lipinski definition) is 6. The zero-order valence-corrected chi connectivity index (χ0v) is 16.7. The quantitative estimate of drug-likeness (QED) is 0.410. The van der Waals surface area contributed by atoms with Crippen molar-refractivity contribution in [1.82, 2.24) is 0 Å². The molecule has 0 aromatic heterocycles. The van der Waals surface area contributed by atoms with Crippen molar-refractivity contribution in [3.05, 3.63) is 71.8 Å². The van der Waals surface area contributed by atoms with E-state index in [4.69, 9.17) is 14.2 Å². The molecule has 0 spiro atoms. The molecule has 0 saturated carbocycles. The molecule has 0 radical (unpaired) electrons. The Bertz CT molecular complexity index is 782. The minimum absolute atomic E-state index is 0.313. The molecular weight excluding hydrogens is 463 g/mol. The highest BCUT2D eigenvalue weighted by Gasteiger charge is 2.47. The molecular formula is C20H19IO6. The molecule has 0 amide bonds. The number of alkyl halides is 1. The summed E-state index contributed by atoms with van der Waals surface area (Å²) in [6.07, 6.45) is -3.78. The molecule has 1 aliphatic rings. The van der Waals surface area contributed by atoms with Crippen LogP contribution in [0.15, 0.2) is 60.7 Å². The highest BCUT2D eigenvalue weighted by molar-refractivity contribution is 14.1. The number of hydrogen-bond donors (Lipinski definition) is 1. The third-order valence-electron chi connectivity index (χ3n) is 4.23. The number of aliphatic hydroxyl groups excluding tert-OH is 1. The van der Waals surface area contributed by atoms with E-state index >= 15 is 0 Å². The maximum atomic E-state index is 12.5. The summed E-state index contributed by atoms with van der Waals surface area (Å²) >= 11 is 2.08. The van der Waals surface area contributed by atoms with Crippen molar-refractivity contribution in [3.8, 4) is 0 Å². The molecule has 0 unspecified atom stereocenters. The number of aliphatic hydroxyl groups is 1. The lowest BCUT2D eigenvalue weighted by atomic mass is 10.0. The Morgan fingerprint density at radius 1 is 0.889 bits per heavy atom. The van der Waals surface area contributed by atoms with Gasteiger partial charge in [0.05, 0.1) is 21.2 Å². The Hall–Kier alpha value is -1.97. The van der Waals surface area contributed by atoms with Gasteiger partial charge in [0.1, 0.15) is 0 Å². The second-order valence-corrected chi connectivity index (χ2v) is 7.59. The molecule has 7 heteroatoms. The first-order valence-corrected chi connectivity index (χ1v) is 9.71. The lowest BCUT2D eigenvalue weighted by molar-refractivity contribution is -0.237. The van der Waals surface area contributed by atoms with Gasteiger partial charge in [-0.3, -0.25) is 0 Å². The predicted molar refractivity (Wildman–Crippen MR) is 106 cm³/mol. The summed E-state index contributed by atoms with van der Waals surface area (Å²) in [6, 6.07) is 16.9. The number of ether oxygens (including phenoxy) is 3. The van der Waals surface area contributed by atoms with E-state index < -0.39 is 30.4 Å². The first kappa shape index (κ1) is 19.8. The second kappa shape index (κ2) is 8.81. The standard InChI is InChI=1S/C20H19IO6/c1-12-15(21)16(26-18(22)13-8-4-2-5-9-13)17(20(24)25-12)27-19(23)14-10-6-3-7-11-14/h2-12,15-17,20,24H,1H3/t12-,15-,16+,17+,20+/m0/s1. The van der Waals surface area contributed by atoms with Crippen LogP contribution in [0.3, 0.4) is 0 Å². The summed E-state index contributed by atoms with van der Waals surface area (Å²) in [7, 11) is 0. The van der Waals surface area contributed by atoms with Crippen molar-refractivity contribution in [3.63, 3.8) is 0 Å². The summed E-state index contributed by atoms with van der Waals surface area (Å²) in [5, 5.41) is 10.3. The Balaban J connectivity index is 1.80. The van der Waals surface area contributed by atoms with Crippen LogP contribution in [0.25, 0.3) is 0 Å². The molecule has 6 nitrogen and oxygen atoms in total. The van der Waals surface area contributed by atoms with E-state index in [1.54, 1.807) is 67.6 Å². The van der Waals surface area contributed by atoms with E-state index in [1.165, 1.54) is 0 Å². The molecule has 0 aliphatic carbocycles. The lowest BCUT2D eigenvalue weighted by Gasteiger charge is -2.40. The third-order valence-corrected chi connectivity index (χ3v) is 5.95. The number of carbonyl (C=O) groups is 2. The Kier molecular flexibility index (Phi) is 6.46. The van der Waals surface area contributed by atoms with Gasteiger partial charge >= 0.3 is 11.9 Å². The molecule has 0 bridgehead atoms. The highest BCUT2D eigenvalue weighted by Crippen LogP contribution is 2.31. The van der Waals surface area contributed by atoms with Crippen molar-refractivity contribution in [1.29, 1.82) is 0 Å². The monoisotopic (exact) mass is 482 g/mol. The fourth-order valence-electron chi connectivity index (χ4n) is 2.77. The fraction of sp³-hybridized carbons (Fsp3) is 0.300. The molecule has 27 heavy (non-hydrogen) atoms. The van der Waals surface area contributed by atoms with Crippen LogP contribution in [-0.2, 0) is 14.2 Å². The van der Waals surface area contributed by atoms with E-state index in [2.05, 4.69) is 22.6 Å². The Labute approximate surface area is 170 Å². The van der Waals surface area contributed by atoms with E-state index in [9.17, 15) is 14.7 Å². The molecule has 5 atom stereocenters. The van der Waals surface area contributed by atoms with Gasteiger partial charge in [-0.05, 0) is 31.2 Å². The van der Waals surface area contributed by atoms with Gasteiger partial charge < -0.3 is 19.3 Å². The summed E-state index contributed by atoms with van der Waals surface area (Å²) in [4.78, 5) is 24.9. The summed E-state index contributed by atoms with van der Waals surface area (Å²) in [6.45, 7) is 1.76. The molecule has 1 saturated heterocycles. The predicted octanol–water partition coefficient (Wildman–Crippen LogP) is 2.98. The van der Waals surface area contributed by atoms with Gasteiger partial charge in [-0.1, -0.05) is 59.0 Å². The van der Waals surface area contributed by atoms with E-state index in [1.807, 2.05) is 0 Å². The van der Waals surface area contributed by atoms with Crippen molar-refractivity contribution in [2.24, 2.45) is 0 Å². The molecule has 2 aromatic carbocycles. The first-order valence-electron chi connectivity index (χ1n) is 8.47. The maximum Gasteiger partial charge on any atom is 0.338 e. The highest BCUT2D eigenvalue weighted by atomic mass is 127. The smallest absolute Gasteiger partial charge is 0.338 e. The van der Waals surface area contributed by atoms with Crippen molar-refractivity contribution in [2.75, 3.05) is 0 Å². The average Bonchev–Trinajstić information content (AvgIpc) is 2.69. The Morgan fingerprint density at radius 2 is 1.33 bits per heavy atom.